The van der Waals surface area contributed by atoms with Crippen molar-refractivity contribution in [2.45, 2.75) is 83.8 Å². The highest BCUT2D eigenvalue weighted by molar-refractivity contribution is 9.10. The van der Waals surface area contributed by atoms with Crippen molar-refractivity contribution >= 4 is 28.3 Å². The van der Waals surface area contributed by atoms with E-state index in [0.717, 1.165) is 24.0 Å². The number of benzene rings is 1. The molecular formula is C25H41BrClNO2. The Morgan fingerprint density at radius 2 is 1.73 bits per heavy atom. The maximum Gasteiger partial charge on any atom is 0.120 e. The summed E-state index contributed by atoms with van der Waals surface area (Å²) in [5, 5.41) is 0. The molecule has 0 amide bonds. The number of hydrogen-bond donors (Lipinski definition) is 0. The van der Waals surface area contributed by atoms with Gasteiger partial charge in [0.2, 0.25) is 0 Å². The second-order valence-corrected chi connectivity index (χ2v) is 10.3. The molecule has 1 saturated carbocycles. The Bertz CT molecular complexity index is 611. The molecule has 0 radical (unpaired) electrons. The van der Waals surface area contributed by atoms with Gasteiger partial charge in [-0.3, -0.25) is 0 Å². The van der Waals surface area contributed by atoms with Gasteiger partial charge in [0.1, 0.15) is 5.75 Å². The topological polar surface area (TPSA) is 21.7 Å². The van der Waals surface area contributed by atoms with Crippen molar-refractivity contribution in [2.24, 2.45) is 11.8 Å². The molecule has 0 aromatic heterocycles. The molecular weight excluding hydrogens is 462 g/mol. The van der Waals surface area contributed by atoms with Crippen LogP contribution in [0.2, 0.25) is 0 Å². The Kier molecular flexibility index (Phi) is 11.5. The van der Waals surface area contributed by atoms with Gasteiger partial charge in [0.25, 0.3) is 0 Å². The molecule has 30 heavy (non-hydrogen) atoms. The number of ether oxygens (including phenoxy) is 2. The lowest BCUT2D eigenvalue weighted by atomic mass is 9.84. The van der Waals surface area contributed by atoms with Gasteiger partial charge in [0, 0.05) is 11.6 Å². The average molecular weight is 503 g/mol. The molecule has 172 valence electrons. The number of hydrogen-bond acceptors (Lipinski definition) is 3. The van der Waals surface area contributed by atoms with Crippen LogP contribution in [-0.2, 0) is 11.2 Å². The SMILES string of the molecule is COC1CCC(CCCN2CCC(Cc3cc(OC(C)C)ccc3Br)CC2)CC1.Cl. The van der Waals surface area contributed by atoms with Crippen LogP contribution in [-0.4, -0.2) is 43.9 Å². The lowest BCUT2D eigenvalue weighted by molar-refractivity contribution is 0.0545. The molecule has 1 aromatic carbocycles. The molecule has 2 fully saturated rings. The Hall–Kier alpha value is -0.290. The molecule has 2 aliphatic rings. The number of halogens is 2. The molecule has 5 heteroatoms. The van der Waals surface area contributed by atoms with Gasteiger partial charge in [0.05, 0.1) is 12.2 Å². The minimum atomic E-state index is 0. The minimum absolute atomic E-state index is 0. The van der Waals surface area contributed by atoms with Gasteiger partial charge in [-0.05, 0) is 127 Å². The van der Waals surface area contributed by atoms with Gasteiger partial charge in [0.15, 0.2) is 0 Å². The van der Waals surface area contributed by atoms with Gasteiger partial charge in [-0.1, -0.05) is 15.9 Å². The molecule has 0 N–H and O–H groups in total. The van der Waals surface area contributed by atoms with E-state index in [1.807, 2.05) is 7.11 Å². The van der Waals surface area contributed by atoms with E-state index in [0.29, 0.717) is 6.10 Å². The molecule has 0 bridgehead atoms. The summed E-state index contributed by atoms with van der Waals surface area (Å²) in [6.07, 6.45) is 12.6. The first-order valence-corrected chi connectivity index (χ1v) is 12.5. The fourth-order valence-electron chi connectivity index (χ4n) is 5.04. The van der Waals surface area contributed by atoms with Crippen molar-refractivity contribution in [1.29, 1.82) is 0 Å². The van der Waals surface area contributed by atoms with E-state index in [9.17, 15) is 0 Å². The molecule has 1 aromatic rings. The third kappa shape index (κ3) is 8.33. The van der Waals surface area contributed by atoms with Crippen molar-refractivity contribution in [3.8, 4) is 5.75 Å². The number of methoxy groups -OCH3 is 1. The first-order chi connectivity index (χ1) is 14.0. The summed E-state index contributed by atoms with van der Waals surface area (Å²) in [7, 11) is 1.86. The Balaban J connectivity index is 0.00000320. The molecule has 0 atom stereocenters. The van der Waals surface area contributed by atoms with Gasteiger partial charge in [-0.25, -0.2) is 0 Å². The molecule has 0 spiro atoms. The number of rotatable bonds is 9. The highest BCUT2D eigenvalue weighted by Crippen LogP contribution is 2.31. The zero-order valence-corrected chi connectivity index (χ0v) is 21.5. The highest BCUT2D eigenvalue weighted by Gasteiger charge is 2.23. The Morgan fingerprint density at radius 1 is 1.03 bits per heavy atom. The summed E-state index contributed by atoms with van der Waals surface area (Å²) in [6, 6.07) is 6.44. The summed E-state index contributed by atoms with van der Waals surface area (Å²) in [5.74, 6) is 2.73. The number of piperidine rings is 1. The zero-order chi connectivity index (χ0) is 20.6. The molecule has 1 heterocycles. The number of likely N-dealkylation sites (tertiary alicyclic amines) is 1. The largest absolute Gasteiger partial charge is 0.491 e. The van der Waals surface area contributed by atoms with E-state index < -0.39 is 0 Å². The summed E-state index contributed by atoms with van der Waals surface area (Å²) >= 11 is 3.74. The fourth-order valence-corrected chi connectivity index (χ4v) is 5.45. The quantitative estimate of drug-likeness (QED) is 0.366. The monoisotopic (exact) mass is 501 g/mol. The molecule has 3 rings (SSSR count). The summed E-state index contributed by atoms with van der Waals surface area (Å²) < 4.78 is 12.6. The summed E-state index contributed by atoms with van der Waals surface area (Å²) in [6.45, 7) is 7.99. The second kappa shape index (κ2) is 13.3. The van der Waals surface area contributed by atoms with Gasteiger partial charge >= 0.3 is 0 Å². The van der Waals surface area contributed by atoms with E-state index in [1.54, 1.807) is 0 Å². The lowest BCUT2D eigenvalue weighted by Crippen LogP contribution is -2.35. The molecule has 1 aliphatic carbocycles. The van der Waals surface area contributed by atoms with Crippen LogP contribution in [0.15, 0.2) is 22.7 Å². The van der Waals surface area contributed by atoms with E-state index in [-0.39, 0.29) is 18.5 Å². The van der Waals surface area contributed by atoms with Crippen molar-refractivity contribution in [3.63, 3.8) is 0 Å². The van der Waals surface area contributed by atoms with Crippen LogP contribution in [0.5, 0.6) is 5.75 Å². The predicted molar refractivity (Wildman–Crippen MR) is 132 cm³/mol. The molecule has 1 saturated heterocycles. The van der Waals surface area contributed by atoms with E-state index in [4.69, 9.17) is 9.47 Å². The Morgan fingerprint density at radius 3 is 2.37 bits per heavy atom. The highest BCUT2D eigenvalue weighted by atomic mass is 79.9. The van der Waals surface area contributed by atoms with Crippen molar-refractivity contribution in [3.05, 3.63) is 28.2 Å². The van der Waals surface area contributed by atoms with Crippen LogP contribution in [0.1, 0.15) is 70.8 Å². The molecule has 1 aliphatic heterocycles. The molecule has 3 nitrogen and oxygen atoms in total. The van der Waals surface area contributed by atoms with Crippen LogP contribution in [0.25, 0.3) is 0 Å². The lowest BCUT2D eigenvalue weighted by Gasteiger charge is -2.33. The third-order valence-corrected chi connectivity index (χ3v) is 7.59. The van der Waals surface area contributed by atoms with Crippen LogP contribution >= 0.6 is 28.3 Å². The van der Waals surface area contributed by atoms with Crippen LogP contribution < -0.4 is 4.74 Å². The second-order valence-electron chi connectivity index (χ2n) is 9.43. The van der Waals surface area contributed by atoms with Crippen LogP contribution in [0, 0.1) is 11.8 Å². The van der Waals surface area contributed by atoms with Crippen molar-refractivity contribution in [2.75, 3.05) is 26.7 Å². The van der Waals surface area contributed by atoms with Gasteiger partial charge in [-0.15, -0.1) is 12.4 Å². The smallest absolute Gasteiger partial charge is 0.120 e. The van der Waals surface area contributed by atoms with E-state index >= 15 is 0 Å². The first-order valence-electron chi connectivity index (χ1n) is 11.7. The molecule has 0 unspecified atom stereocenters. The van der Waals surface area contributed by atoms with Crippen molar-refractivity contribution in [1.82, 2.24) is 4.90 Å². The zero-order valence-electron chi connectivity index (χ0n) is 19.1. The fraction of sp³-hybridized carbons (Fsp3) is 0.760. The minimum Gasteiger partial charge on any atom is -0.491 e. The van der Waals surface area contributed by atoms with Gasteiger partial charge in [-0.2, -0.15) is 0 Å². The maximum atomic E-state index is 5.89. The van der Waals surface area contributed by atoms with Crippen molar-refractivity contribution < 1.29 is 9.47 Å². The standard InChI is InChI=1S/C25H40BrNO2.ClH/c1-19(2)29-24-10-11-25(26)22(18-24)17-21-12-15-27(16-13-21)14-4-5-20-6-8-23(28-3)9-7-20;/h10-11,18-21,23H,4-9,12-17H2,1-3H3;1H. The third-order valence-electron chi connectivity index (χ3n) is 6.82. The summed E-state index contributed by atoms with van der Waals surface area (Å²) in [4.78, 5) is 2.70. The average Bonchev–Trinajstić information content (AvgIpc) is 2.72. The number of nitrogens with zero attached hydrogens (tertiary/aromatic N) is 1. The summed E-state index contributed by atoms with van der Waals surface area (Å²) in [5.41, 5.74) is 1.40. The van der Waals surface area contributed by atoms with Crippen LogP contribution in [0.4, 0.5) is 0 Å². The van der Waals surface area contributed by atoms with Gasteiger partial charge < -0.3 is 14.4 Å². The maximum absolute atomic E-state index is 5.89. The normalized spacial score (nSPS) is 23.4. The first kappa shape index (κ1) is 26.0. The van der Waals surface area contributed by atoms with E-state index in [1.165, 1.54) is 81.0 Å². The predicted octanol–water partition coefficient (Wildman–Crippen LogP) is 6.90. The van der Waals surface area contributed by atoms with Crippen LogP contribution in [0.3, 0.4) is 0 Å². The van der Waals surface area contributed by atoms with E-state index in [2.05, 4.69) is 52.9 Å². The Labute approximate surface area is 198 Å².